The number of benzene rings is 1. The number of fused-ring (bicyclic) bond motifs is 1. The summed E-state index contributed by atoms with van der Waals surface area (Å²) in [5, 5.41) is 10.1. The quantitative estimate of drug-likeness (QED) is 0.766. The molecule has 0 unspecified atom stereocenters. The molecule has 3 atom stereocenters. The molecule has 0 radical (unpaired) electrons. The molecular weight excluding hydrogens is 336 g/mol. The summed E-state index contributed by atoms with van der Waals surface area (Å²) in [7, 11) is 1.66. The second kappa shape index (κ2) is 10.1. The fourth-order valence-electron chi connectivity index (χ4n) is 3.53. The number of carboxylic acid groups (broad SMARTS) is 1. The van der Waals surface area contributed by atoms with E-state index in [0.717, 1.165) is 43.9 Å². The molecule has 7 nitrogen and oxygen atoms in total. The molecule has 2 fully saturated rings. The minimum absolute atomic E-state index is 0.131. The van der Waals surface area contributed by atoms with Crippen LogP contribution in [0.1, 0.15) is 25.3 Å². The van der Waals surface area contributed by atoms with E-state index in [1.165, 1.54) is 0 Å². The van der Waals surface area contributed by atoms with Crippen LogP contribution in [0, 0.1) is 0 Å². The van der Waals surface area contributed by atoms with Gasteiger partial charge in [0, 0.05) is 31.6 Å². The highest BCUT2D eigenvalue weighted by Crippen LogP contribution is 2.23. The number of hydrogen-bond acceptors (Lipinski definition) is 5. The minimum atomic E-state index is -0.250. The zero-order chi connectivity index (χ0) is 18.9. The number of nitrogens with zero attached hydrogens (tertiary/aromatic N) is 1. The SMILES string of the molecule is COc1cccc(CCC(=O)N[C@@H]2C[C@H]3CO[C@@H](C)CN3C2)c1.O=CO. The van der Waals surface area contributed by atoms with Crippen LogP contribution in [0.2, 0.25) is 0 Å². The Morgan fingerprint density at radius 1 is 1.46 bits per heavy atom. The van der Waals surface area contributed by atoms with Gasteiger partial charge in [-0.1, -0.05) is 12.1 Å². The third kappa shape index (κ3) is 6.00. The number of rotatable bonds is 5. The predicted molar refractivity (Wildman–Crippen MR) is 97.3 cm³/mol. The van der Waals surface area contributed by atoms with Crippen molar-refractivity contribution in [3.63, 3.8) is 0 Å². The Labute approximate surface area is 154 Å². The number of hydrogen-bond donors (Lipinski definition) is 2. The van der Waals surface area contributed by atoms with Crippen molar-refractivity contribution in [2.24, 2.45) is 0 Å². The van der Waals surface area contributed by atoms with Crippen molar-refractivity contribution in [1.82, 2.24) is 10.2 Å². The third-order valence-electron chi connectivity index (χ3n) is 4.73. The van der Waals surface area contributed by atoms with Crippen molar-refractivity contribution in [1.29, 1.82) is 0 Å². The van der Waals surface area contributed by atoms with Crippen molar-refractivity contribution >= 4 is 12.4 Å². The van der Waals surface area contributed by atoms with Gasteiger partial charge in [0.2, 0.25) is 5.91 Å². The lowest BCUT2D eigenvalue weighted by Gasteiger charge is -2.33. The van der Waals surface area contributed by atoms with Gasteiger partial charge in [-0.3, -0.25) is 14.5 Å². The molecule has 0 aliphatic carbocycles. The molecule has 144 valence electrons. The Kier molecular flexibility index (Phi) is 7.87. The van der Waals surface area contributed by atoms with Crippen LogP contribution in [0.4, 0.5) is 0 Å². The van der Waals surface area contributed by atoms with Gasteiger partial charge in [0.1, 0.15) is 5.75 Å². The van der Waals surface area contributed by atoms with Crippen molar-refractivity contribution in [3.05, 3.63) is 29.8 Å². The molecule has 2 heterocycles. The first-order valence-corrected chi connectivity index (χ1v) is 8.91. The van der Waals surface area contributed by atoms with Crippen molar-refractivity contribution in [2.45, 2.75) is 44.4 Å². The summed E-state index contributed by atoms with van der Waals surface area (Å²) >= 11 is 0. The summed E-state index contributed by atoms with van der Waals surface area (Å²) in [4.78, 5) is 23.0. The van der Waals surface area contributed by atoms with E-state index < -0.39 is 0 Å². The van der Waals surface area contributed by atoms with Crippen LogP contribution in [-0.2, 0) is 20.7 Å². The summed E-state index contributed by atoms with van der Waals surface area (Å²) in [6, 6.07) is 8.62. The van der Waals surface area contributed by atoms with Gasteiger partial charge in [-0.25, -0.2) is 0 Å². The average molecular weight is 364 g/mol. The zero-order valence-corrected chi connectivity index (χ0v) is 15.4. The van der Waals surface area contributed by atoms with Crippen LogP contribution in [0.25, 0.3) is 0 Å². The van der Waals surface area contributed by atoms with Gasteiger partial charge in [-0.2, -0.15) is 0 Å². The van der Waals surface area contributed by atoms with E-state index in [4.69, 9.17) is 19.4 Å². The number of morpholine rings is 1. The smallest absolute Gasteiger partial charge is 0.290 e. The van der Waals surface area contributed by atoms with E-state index in [-0.39, 0.29) is 18.4 Å². The highest BCUT2D eigenvalue weighted by atomic mass is 16.5. The molecule has 0 saturated carbocycles. The Balaban J connectivity index is 0.000000758. The number of carbonyl (C=O) groups excluding carboxylic acids is 1. The molecule has 3 rings (SSSR count). The standard InChI is InChI=1S/C18H26N2O3.CH2O2/c1-13-10-20-11-15(9-16(20)12-23-13)19-18(21)7-6-14-4-3-5-17(8-14)22-2;2-1-3/h3-5,8,13,15-16H,6-7,9-12H2,1-2H3,(H,19,21);1H,(H,2,3)/t13-,15+,16-;/m0./s1. The lowest BCUT2D eigenvalue weighted by Crippen LogP contribution is -2.45. The first-order valence-electron chi connectivity index (χ1n) is 8.91. The monoisotopic (exact) mass is 364 g/mol. The lowest BCUT2D eigenvalue weighted by molar-refractivity contribution is -0.123. The molecule has 2 saturated heterocycles. The maximum Gasteiger partial charge on any atom is 0.290 e. The molecular formula is C19H28N2O5. The number of nitrogens with one attached hydrogen (secondary N) is 1. The molecule has 26 heavy (non-hydrogen) atoms. The number of methoxy groups -OCH3 is 1. The Morgan fingerprint density at radius 2 is 2.23 bits per heavy atom. The summed E-state index contributed by atoms with van der Waals surface area (Å²) in [6.07, 6.45) is 2.55. The molecule has 0 spiro atoms. The Morgan fingerprint density at radius 3 is 2.96 bits per heavy atom. The van der Waals surface area contributed by atoms with Crippen molar-refractivity contribution in [3.8, 4) is 5.75 Å². The van der Waals surface area contributed by atoms with Crippen LogP contribution in [0.5, 0.6) is 5.75 Å². The molecule has 1 aromatic rings. The molecule has 2 aliphatic rings. The zero-order valence-electron chi connectivity index (χ0n) is 15.4. The summed E-state index contributed by atoms with van der Waals surface area (Å²) in [6.45, 7) is 4.57. The first-order chi connectivity index (χ1) is 12.5. The first kappa shape index (κ1) is 20.2. The highest BCUT2D eigenvalue weighted by molar-refractivity contribution is 5.76. The third-order valence-corrected chi connectivity index (χ3v) is 4.73. The van der Waals surface area contributed by atoms with Gasteiger partial charge >= 0.3 is 0 Å². The van der Waals surface area contributed by atoms with E-state index in [1.54, 1.807) is 7.11 Å². The van der Waals surface area contributed by atoms with Crippen molar-refractivity contribution in [2.75, 3.05) is 26.8 Å². The predicted octanol–water partition coefficient (Wildman–Crippen LogP) is 1.31. The van der Waals surface area contributed by atoms with Crippen LogP contribution in [0.15, 0.2) is 24.3 Å². The van der Waals surface area contributed by atoms with E-state index >= 15 is 0 Å². The minimum Gasteiger partial charge on any atom is -0.497 e. The summed E-state index contributed by atoms with van der Waals surface area (Å²) in [5.41, 5.74) is 1.13. The normalized spacial score (nSPS) is 24.8. The van der Waals surface area contributed by atoms with Crippen LogP contribution in [-0.4, -0.2) is 67.4 Å². The fraction of sp³-hybridized carbons (Fsp3) is 0.579. The fourth-order valence-corrected chi connectivity index (χ4v) is 3.53. The number of carbonyl (C=O) groups is 2. The second-order valence-electron chi connectivity index (χ2n) is 6.71. The molecule has 1 aromatic carbocycles. The van der Waals surface area contributed by atoms with Crippen LogP contribution < -0.4 is 10.1 Å². The molecule has 1 amide bonds. The average Bonchev–Trinajstić information content (AvgIpc) is 3.02. The van der Waals surface area contributed by atoms with Gasteiger partial charge in [0.05, 0.1) is 19.8 Å². The summed E-state index contributed by atoms with van der Waals surface area (Å²) in [5.74, 6) is 0.969. The molecule has 2 aliphatic heterocycles. The molecule has 7 heteroatoms. The van der Waals surface area contributed by atoms with Gasteiger partial charge in [0.25, 0.3) is 6.47 Å². The maximum absolute atomic E-state index is 12.2. The van der Waals surface area contributed by atoms with Crippen LogP contribution in [0.3, 0.4) is 0 Å². The van der Waals surface area contributed by atoms with E-state index in [9.17, 15) is 4.79 Å². The van der Waals surface area contributed by atoms with Gasteiger partial charge in [0.15, 0.2) is 0 Å². The lowest BCUT2D eigenvalue weighted by atomic mass is 10.1. The Hall–Kier alpha value is -2.12. The van der Waals surface area contributed by atoms with Gasteiger partial charge < -0.3 is 19.9 Å². The molecule has 0 bridgehead atoms. The topological polar surface area (TPSA) is 88.1 Å². The maximum atomic E-state index is 12.2. The van der Waals surface area contributed by atoms with E-state index in [0.29, 0.717) is 18.6 Å². The largest absolute Gasteiger partial charge is 0.497 e. The molecule has 2 N–H and O–H groups in total. The Bertz CT molecular complexity index is 595. The number of aryl methyl sites for hydroxylation is 1. The van der Waals surface area contributed by atoms with Gasteiger partial charge in [-0.05, 0) is 37.5 Å². The second-order valence-corrected chi connectivity index (χ2v) is 6.71. The van der Waals surface area contributed by atoms with Gasteiger partial charge in [-0.15, -0.1) is 0 Å². The molecule has 0 aromatic heterocycles. The van der Waals surface area contributed by atoms with Crippen LogP contribution >= 0.6 is 0 Å². The number of amides is 1. The summed E-state index contributed by atoms with van der Waals surface area (Å²) < 4.78 is 10.9. The van der Waals surface area contributed by atoms with Crippen molar-refractivity contribution < 1.29 is 24.2 Å². The number of ether oxygens (including phenoxy) is 2. The highest BCUT2D eigenvalue weighted by Gasteiger charge is 2.36. The van der Waals surface area contributed by atoms with E-state index in [2.05, 4.69) is 17.1 Å². The van der Waals surface area contributed by atoms with E-state index in [1.807, 2.05) is 24.3 Å².